The lowest BCUT2D eigenvalue weighted by molar-refractivity contribution is -0.120. The first-order chi connectivity index (χ1) is 9.90. The lowest BCUT2D eigenvalue weighted by atomic mass is 9.97. The molecule has 0 aliphatic carbocycles. The predicted octanol–water partition coefficient (Wildman–Crippen LogP) is 4.16. The molecule has 0 bridgehead atoms. The number of nitrogens with one attached hydrogen (secondary N) is 1. The van der Waals surface area contributed by atoms with Crippen LogP contribution < -0.4 is 5.32 Å². The van der Waals surface area contributed by atoms with Gasteiger partial charge in [-0.3, -0.25) is 4.79 Å². The zero-order valence-corrected chi connectivity index (χ0v) is 13.3. The molecule has 0 radical (unpaired) electrons. The number of aromatic carboxylic acids is 1. The van der Waals surface area contributed by atoms with Crippen molar-refractivity contribution in [3.63, 3.8) is 0 Å². The van der Waals surface area contributed by atoms with Gasteiger partial charge in [-0.05, 0) is 49.9 Å². The number of carboxylic acid groups (broad SMARTS) is 1. The van der Waals surface area contributed by atoms with E-state index < -0.39 is 5.97 Å². The van der Waals surface area contributed by atoms with Gasteiger partial charge in [-0.15, -0.1) is 0 Å². The van der Waals surface area contributed by atoms with Gasteiger partial charge >= 0.3 is 5.97 Å². The Morgan fingerprint density at radius 2 is 1.90 bits per heavy atom. The van der Waals surface area contributed by atoms with Gasteiger partial charge in [-0.2, -0.15) is 0 Å². The molecule has 4 heteroatoms. The summed E-state index contributed by atoms with van der Waals surface area (Å²) in [5.74, 6) is -1.00. The van der Waals surface area contributed by atoms with Crippen molar-refractivity contribution in [2.24, 2.45) is 5.92 Å². The highest BCUT2D eigenvalue weighted by Gasteiger charge is 2.17. The molecule has 1 rings (SSSR count). The van der Waals surface area contributed by atoms with Crippen LogP contribution in [0.1, 0.15) is 61.0 Å². The highest BCUT2D eigenvalue weighted by molar-refractivity contribution is 5.96. The Balaban J connectivity index is 2.92. The maximum atomic E-state index is 12.3. The largest absolute Gasteiger partial charge is 0.478 e. The van der Waals surface area contributed by atoms with Crippen molar-refractivity contribution in [3.8, 4) is 0 Å². The second kappa shape index (κ2) is 7.81. The van der Waals surface area contributed by atoms with Crippen molar-refractivity contribution in [2.45, 2.75) is 53.4 Å². The van der Waals surface area contributed by atoms with Gasteiger partial charge in [0.25, 0.3) is 0 Å². The van der Waals surface area contributed by atoms with E-state index in [0.29, 0.717) is 5.69 Å². The van der Waals surface area contributed by atoms with E-state index in [4.69, 9.17) is 0 Å². The van der Waals surface area contributed by atoms with Crippen LogP contribution in [-0.4, -0.2) is 17.0 Å². The van der Waals surface area contributed by atoms with E-state index in [1.54, 1.807) is 6.92 Å². The molecule has 1 aromatic carbocycles. The Morgan fingerprint density at radius 1 is 1.24 bits per heavy atom. The van der Waals surface area contributed by atoms with Crippen LogP contribution in [0.25, 0.3) is 0 Å². The molecule has 2 N–H and O–H groups in total. The topological polar surface area (TPSA) is 66.4 Å². The van der Waals surface area contributed by atoms with Crippen LogP contribution in [0.5, 0.6) is 0 Å². The van der Waals surface area contributed by atoms with Crippen molar-refractivity contribution < 1.29 is 14.7 Å². The Morgan fingerprint density at radius 3 is 2.43 bits per heavy atom. The number of unbranched alkanes of at least 4 members (excludes halogenated alkanes) is 1. The molecule has 0 heterocycles. The van der Waals surface area contributed by atoms with E-state index >= 15 is 0 Å². The van der Waals surface area contributed by atoms with Gasteiger partial charge in [-0.25, -0.2) is 4.79 Å². The molecule has 0 aliphatic rings. The van der Waals surface area contributed by atoms with Crippen LogP contribution in [0.4, 0.5) is 5.69 Å². The van der Waals surface area contributed by atoms with Crippen LogP contribution in [0.3, 0.4) is 0 Å². The average molecular weight is 291 g/mol. The second-order valence-electron chi connectivity index (χ2n) is 5.51. The number of carboxylic acids is 1. The zero-order valence-electron chi connectivity index (χ0n) is 13.3. The normalized spacial score (nSPS) is 12.0. The van der Waals surface area contributed by atoms with Crippen LogP contribution in [-0.2, 0) is 4.79 Å². The van der Waals surface area contributed by atoms with E-state index in [2.05, 4.69) is 12.2 Å². The summed E-state index contributed by atoms with van der Waals surface area (Å²) in [5.41, 5.74) is 2.41. The SMILES string of the molecule is CCCCC(CC)C(=O)Nc1cc(C)c(C)c(C(=O)O)c1. The summed E-state index contributed by atoms with van der Waals surface area (Å²) in [7, 11) is 0. The van der Waals surface area contributed by atoms with Gasteiger partial charge in [0.1, 0.15) is 0 Å². The number of hydrogen-bond acceptors (Lipinski definition) is 2. The maximum Gasteiger partial charge on any atom is 0.336 e. The van der Waals surface area contributed by atoms with Gasteiger partial charge in [0.15, 0.2) is 0 Å². The Labute approximate surface area is 126 Å². The van der Waals surface area contributed by atoms with E-state index in [0.717, 1.165) is 36.8 Å². The smallest absolute Gasteiger partial charge is 0.336 e. The van der Waals surface area contributed by atoms with Gasteiger partial charge in [0.05, 0.1) is 5.56 Å². The molecule has 1 amide bonds. The Bertz CT molecular complexity index is 523. The summed E-state index contributed by atoms with van der Waals surface area (Å²) in [6.45, 7) is 7.74. The number of aryl methyl sites for hydroxylation is 1. The molecule has 4 nitrogen and oxygen atoms in total. The molecule has 0 saturated heterocycles. The lowest BCUT2D eigenvalue weighted by Gasteiger charge is -2.16. The molecule has 1 unspecified atom stereocenters. The van der Waals surface area contributed by atoms with Gasteiger partial charge in [0.2, 0.25) is 5.91 Å². The molecular weight excluding hydrogens is 266 g/mol. The van der Waals surface area contributed by atoms with Gasteiger partial charge in [-0.1, -0.05) is 26.7 Å². The number of carbonyl (C=O) groups is 2. The Kier molecular flexibility index (Phi) is 6.40. The van der Waals surface area contributed by atoms with Gasteiger partial charge in [0, 0.05) is 11.6 Å². The molecule has 0 aromatic heterocycles. The second-order valence-corrected chi connectivity index (χ2v) is 5.51. The molecule has 116 valence electrons. The fourth-order valence-corrected chi connectivity index (χ4v) is 2.37. The van der Waals surface area contributed by atoms with E-state index in [-0.39, 0.29) is 17.4 Å². The number of amides is 1. The number of anilines is 1. The standard InChI is InChI=1S/C17H25NO3/c1-5-7-8-13(6-2)16(19)18-14-9-11(3)12(4)15(10-14)17(20)21/h9-10,13H,5-8H2,1-4H3,(H,18,19)(H,20,21). The van der Waals surface area contributed by atoms with Crippen LogP contribution in [0.2, 0.25) is 0 Å². The summed E-state index contributed by atoms with van der Waals surface area (Å²) >= 11 is 0. The number of carbonyl (C=O) groups excluding carboxylic acids is 1. The molecular formula is C17H25NO3. The fourth-order valence-electron chi connectivity index (χ4n) is 2.37. The van der Waals surface area contributed by atoms with Crippen molar-refractivity contribution in [3.05, 3.63) is 28.8 Å². The third-order valence-corrected chi connectivity index (χ3v) is 3.94. The molecule has 1 atom stereocenters. The molecule has 0 fully saturated rings. The third-order valence-electron chi connectivity index (χ3n) is 3.94. The summed E-state index contributed by atoms with van der Waals surface area (Å²) in [6, 6.07) is 3.36. The highest BCUT2D eigenvalue weighted by Crippen LogP contribution is 2.22. The first kappa shape index (κ1) is 17.2. The van der Waals surface area contributed by atoms with Crippen LogP contribution >= 0.6 is 0 Å². The summed E-state index contributed by atoms with van der Waals surface area (Å²) in [5, 5.41) is 12.1. The minimum atomic E-state index is -0.968. The minimum absolute atomic E-state index is 0.0140. The predicted molar refractivity (Wildman–Crippen MR) is 84.8 cm³/mol. The first-order valence-electron chi connectivity index (χ1n) is 7.56. The first-order valence-corrected chi connectivity index (χ1v) is 7.56. The molecule has 1 aromatic rings. The summed E-state index contributed by atoms with van der Waals surface area (Å²) in [6.07, 6.45) is 3.76. The molecule has 0 spiro atoms. The quantitative estimate of drug-likeness (QED) is 0.792. The summed E-state index contributed by atoms with van der Waals surface area (Å²) in [4.78, 5) is 23.5. The fraction of sp³-hybridized carbons (Fsp3) is 0.529. The van der Waals surface area contributed by atoms with Crippen molar-refractivity contribution in [1.29, 1.82) is 0 Å². The van der Waals surface area contributed by atoms with Crippen molar-refractivity contribution in [1.82, 2.24) is 0 Å². The number of rotatable bonds is 7. The number of benzene rings is 1. The van der Waals surface area contributed by atoms with Crippen molar-refractivity contribution in [2.75, 3.05) is 5.32 Å². The zero-order chi connectivity index (χ0) is 16.0. The van der Waals surface area contributed by atoms with Crippen molar-refractivity contribution >= 4 is 17.6 Å². The average Bonchev–Trinajstić information content (AvgIpc) is 2.43. The van der Waals surface area contributed by atoms with Crippen LogP contribution in [0.15, 0.2) is 12.1 Å². The molecule has 21 heavy (non-hydrogen) atoms. The van der Waals surface area contributed by atoms with E-state index in [1.165, 1.54) is 6.07 Å². The molecule has 0 saturated carbocycles. The summed E-state index contributed by atoms with van der Waals surface area (Å²) < 4.78 is 0. The Hall–Kier alpha value is -1.84. The lowest BCUT2D eigenvalue weighted by Crippen LogP contribution is -2.22. The molecule has 0 aliphatic heterocycles. The highest BCUT2D eigenvalue weighted by atomic mass is 16.4. The van der Waals surface area contributed by atoms with Gasteiger partial charge < -0.3 is 10.4 Å². The van der Waals surface area contributed by atoms with E-state index in [1.807, 2.05) is 19.9 Å². The monoisotopic (exact) mass is 291 g/mol. The van der Waals surface area contributed by atoms with E-state index in [9.17, 15) is 14.7 Å². The third kappa shape index (κ3) is 4.59. The number of hydrogen-bond donors (Lipinski definition) is 2. The van der Waals surface area contributed by atoms with Crippen LogP contribution in [0, 0.1) is 19.8 Å². The maximum absolute atomic E-state index is 12.3. The minimum Gasteiger partial charge on any atom is -0.478 e.